The summed E-state index contributed by atoms with van der Waals surface area (Å²) < 4.78 is 14.1. The number of nitrogens with zero attached hydrogens (tertiary/aromatic N) is 4. The SMILES string of the molecule is CC(C)(O)c1nc(N2C[C@H]3CSC(N)=N[C@@]3(c3ccccc3)C2)ncc1F. The maximum Gasteiger partial charge on any atom is 0.225 e. The predicted molar refractivity (Wildman–Crippen MR) is 105 cm³/mol. The smallest absolute Gasteiger partial charge is 0.225 e. The van der Waals surface area contributed by atoms with E-state index >= 15 is 0 Å². The molecule has 0 aliphatic carbocycles. The van der Waals surface area contributed by atoms with Gasteiger partial charge in [-0.25, -0.2) is 19.4 Å². The summed E-state index contributed by atoms with van der Waals surface area (Å²) >= 11 is 1.56. The highest BCUT2D eigenvalue weighted by molar-refractivity contribution is 8.13. The van der Waals surface area contributed by atoms with Crippen LogP contribution in [0.15, 0.2) is 41.5 Å². The van der Waals surface area contributed by atoms with Crippen LogP contribution in [0.5, 0.6) is 0 Å². The summed E-state index contributed by atoms with van der Waals surface area (Å²) in [6.45, 7) is 4.27. The summed E-state index contributed by atoms with van der Waals surface area (Å²) in [5, 5.41) is 10.8. The number of amidine groups is 1. The van der Waals surface area contributed by atoms with Crippen LogP contribution in [0, 0.1) is 11.7 Å². The average molecular weight is 387 g/mol. The molecule has 2 atom stereocenters. The summed E-state index contributed by atoms with van der Waals surface area (Å²) in [5.41, 5.74) is 5.32. The molecule has 0 spiro atoms. The first-order valence-corrected chi connectivity index (χ1v) is 9.82. The van der Waals surface area contributed by atoms with Crippen molar-refractivity contribution < 1.29 is 9.50 Å². The van der Waals surface area contributed by atoms with E-state index in [0.29, 0.717) is 24.2 Å². The van der Waals surface area contributed by atoms with E-state index in [1.54, 1.807) is 11.8 Å². The highest BCUT2D eigenvalue weighted by atomic mass is 32.2. The first kappa shape index (κ1) is 18.2. The van der Waals surface area contributed by atoms with Crippen LogP contribution in [0.1, 0.15) is 25.1 Å². The highest BCUT2D eigenvalue weighted by Crippen LogP contribution is 2.46. The summed E-state index contributed by atoms with van der Waals surface area (Å²) in [4.78, 5) is 15.4. The van der Waals surface area contributed by atoms with Crippen molar-refractivity contribution in [2.24, 2.45) is 16.6 Å². The summed E-state index contributed by atoms with van der Waals surface area (Å²) in [6.07, 6.45) is 1.12. The molecule has 3 heterocycles. The summed E-state index contributed by atoms with van der Waals surface area (Å²) in [6, 6.07) is 10.1. The summed E-state index contributed by atoms with van der Waals surface area (Å²) in [7, 11) is 0. The number of benzene rings is 1. The van der Waals surface area contributed by atoms with Crippen molar-refractivity contribution in [3.63, 3.8) is 0 Å². The van der Waals surface area contributed by atoms with Crippen molar-refractivity contribution in [3.8, 4) is 0 Å². The fraction of sp³-hybridized carbons (Fsp3) is 0.421. The van der Waals surface area contributed by atoms with Crippen molar-refractivity contribution in [2.75, 3.05) is 23.7 Å². The fourth-order valence-electron chi connectivity index (χ4n) is 3.84. The van der Waals surface area contributed by atoms with Gasteiger partial charge in [0, 0.05) is 18.2 Å². The number of aromatic nitrogens is 2. The molecular formula is C19H22FN5OS. The lowest BCUT2D eigenvalue weighted by atomic mass is 9.82. The van der Waals surface area contributed by atoms with Gasteiger partial charge in [0.1, 0.15) is 16.8 Å². The van der Waals surface area contributed by atoms with Crippen LogP contribution in [0.25, 0.3) is 0 Å². The molecule has 1 fully saturated rings. The standard InChI is InChI=1S/C19H22FN5OS/c1-18(2,26)15-14(20)8-22-17(23-15)25-9-13-10-27-16(21)24-19(13,11-25)12-6-4-3-5-7-12/h3-8,13,26H,9-11H2,1-2H3,(H2,21,24)/t13-,19+/m0/s1. The number of aliphatic hydroxyl groups is 1. The van der Waals surface area contributed by atoms with Gasteiger partial charge in [-0.2, -0.15) is 0 Å². The van der Waals surface area contributed by atoms with Crippen LogP contribution in [0.3, 0.4) is 0 Å². The van der Waals surface area contributed by atoms with Gasteiger partial charge < -0.3 is 15.7 Å². The molecule has 0 unspecified atom stereocenters. The second-order valence-corrected chi connectivity index (χ2v) is 8.59. The Morgan fingerprint density at radius 1 is 1.33 bits per heavy atom. The molecule has 0 bridgehead atoms. The Hall–Kier alpha value is -2.19. The molecule has 4 rings (SSSR count). The molecule has 2 aliphatic heterocycles. The number of rotatable bonds is 3. The van der Waals surface area contributed by atoms with Crippen molar-refractivity contribution in [2.45, 2.75) is 25.0 Å². The van der Waals surface area contributed by atoms with Gasteiger partial charge in [-0.3, -0.25) is 0 Å². The van der Waals surface area contributed by atoms with Gasteiger partial charge in [-0.05, 0) is 19.4 Å². The zero-order valence-electron chi connectivity index (χ0n) is 15.3. The van der Waals surface area contributed by atoms with Gasteiger partial charge in [0.15, 0.2) is 11.0 Å². The molecule has 0 radical (unpaired) electrons. The molecule has 142 valence electrons. The molecule has 8 heteroatoms. The number of hydrogen-bond donors (Lipinski definition) is 2. The van der Waals surface area contributed by atoms with Crippen LogP contribution in [0.2, 0.25) is 0 Å². The van der Waals surface area contributed by atoms with E-state index in [1.807, 2.05) is 23.1 Å². The van der Waals surface area contributed by atoms with Gasteiger partial charge in [0.25, 0.3) is 0 Å². The van der Waals surface area contributed by atoms with Crippen molar-refractivity contribution in [1.82, 2.24) is 9.97 Å². The quantitative estimate of drug-likeness (QED) is 0.840. The third-order valence-electron chi connectivity index (χ3n) is 5.16. The second-order valence-electron chi connectivity index (χ2n) is 7.55. The number of thioether (sulfide) groups is 1. The number of aliphatic imine (C=N–C) groups is 1. The minimum Gasteiger partial charge on any atom is -0.384 e. The van der Waals surface area contributed by atoms with Crippen LogP contribution < -0.4 is 10.6 Å². The molecule has 0 saturated carbocycles. The van der Waals surface area contributed by atoms with Gasteiger partial charge in [-0.1, -0.05) is 42.1 Å². The van der Waals surface area contributed by atoms with E-state index in [1.165, 1.54) is 13.8 Å². The van der Waals surface area contributed by atoms with E-state index in [9.17, 15) is 9.50 Å². The lowest BCUT2D eigenvalue weighted by Gasteiger charge is -2.34. The predicted octanol–water partition coefficient (Wildman–Crippen LogP) is 2.24. The maximum absolute atomic E-state index is 14.1. The Kier molecular flexibility index (Phi) is 4.35. The number of hydrogen-bond acceptors (Lipinski definition) is 7. The third kappa shape index (κ3) is 3.17. The van der Waals surface area contributed by atoms with E-state index in [-0.39, 0.29) is 11.6 Å². The molecule has 1 saturated heterocycles. The number of anilines is 1. The minimum absolute atomic E-state index is 0.00600. The minimum atomic E-state index is -1.39. The lowest BCUT2D eigenvalue weighted by molar-refractivity contribution is 0.0693. The monoisotopic (exact) mass is 387 g/mol. The van der Waals surface area contributed by atoms with Gasteiger partial charge in [-0.15, -0.1) is 0 Å². The molecule has 6 nitrogen and oxygen atoms in total. The zero-order valence-corrected chi connectivity index (χ0v) is 16.1. The Bertz CT molecular complexity index is 885. The topological polar surface area (TPSA) is 87.6 Å². The first-order valence-electron chi connectivity index (χ1n) is 8.83. The Balaban J connectivity index is 1.75. The van der Waals surface area contributed by atoms with Gasteiger partial charge in [0.2, 0.25) is 5.95 Å². The molecule has 27 heavy (non-hydrogen) atoms. The van der Waals surface area contributed by atoms with Gasteiger partial charge in [0.05, 0.1) is 12.7 Å². The van der Waals surface area contributed by atoms with Crippen molar-refractivity contribution >= 4 is 22.9 Å². The molecule has 2 aromatic rings. The molecule has 0 amide bonds. The van der Waals surface area contributed by atoms with E-state index in [0.717, 1.165) is 17.5 Å². The molecule has 2 aliphatic rings. The number of fused-ring (bicyclic) bond motifs is 1. The molecule has 1 aromatic heterocycles. The highest BCUT2D eigenvalue weighted by Gasteiger charge is 2.50. The summed E-state index contributed by atoms with van der Waals surface area (Å²) in [5.74, 6) is 0.868. The third-order valence-corrected chi connectivity index (χ3v) is 6.11. The van der Waals surface area contributed by atoms with E-state index in [2.05, 4.69) is 22.1 Å². The van der Waals surface area contributed by atoms with E-state index < -0.39 is 17.0 Å². The van der Waals surface area contributed by atoms with Crippen molar-refractivity contribution in [3.05, 3.63) is 53.6 Å². The van der Waals surface area contributed by atoms with Crippen LogP contribution in [-0.4, -0.2) is 39.1 Å². The number of halogens is 1. The van der Waals surface area contributed by atoms with Crippen LogP contribution in [0.4, 0.5) is 10.3 Å². The lowest BCUT2D eigenvalue weighted by Crippen LogP contribution is -2.40. The van der Waals surface area contributed by atoms with E-state index in [4.69, 9.17) is 10.7 Å². The Labute approximate surface area is 161 Å². The second kappa shape index (κ2) is 6.45. The average Bonchev–Trinajstić information content (AvgIpc) is 3.02. The fourth-order valence-corrected chi connectivity index (χ4v) is 4.82. The Morgan fingerprint density at radius 2 is 2.07 bits per heavy atom. The largest absolute Gasteiger partial charge is 0.384 e. The first-order chi connectivity index (χ1) is 12.8. The molecule has 3 N–H and O–H groups in total. The van der Waals surface area contributed by atoms with Crippen LogP contribution >= 0.6 is 11.8 Å². The molecular weight excluding hydrogens is 365 g/mol. The Morgan fingerprint density at radius 3 is 2.78 bits per heavy atom. The molecule has 1 aromatic carbocycles. The van der Waals surface area contributed by atoms with Gasteiger partial charge >= 0.3 is 0 Å². The maximum atomic E-state index is 14.1. The van der Waals surface area contributed by atoms with Crippen molar-refractivity contribution in [1.29, 1.82) is 0 Å². The number of nitrogens with two attached hydrogens (primary N) is 1. The van der Waals surface area contributed by atoms with Crippen LogP contribution in [-0.2, 0) is 11.1 Å². The normalized spacial score (nSPS) is 25.3. The zero-order chi connectivity index (χ0) is 19.2.